The lowest BCUT2D eigenvalue weighted by atomic mass is 9.72. The molecule has 1 aliphatic rings. The fourth-order valence-electron chi connectivity index (χ4n) is 2.80. The molecule has 0 unspecified atom stereocenters. The summed E-state index contributed by atoms with van der Waals surface area (Å²) in [7, 11) is 0. The van der Waals surface area contributed by atoms with Crippen LogP contribution in [0.3, 0.4) is 0 Å². The van der Waals surface area contributed by atoms with Gasteiger partial charge in [0.05, 0.1) is 0 Å². The molecule has 1 amide bonds. The van der Waals surface area contributed by atoms with Crippen LogP contribution >= 0.6 is 0 Å². The predicted octanol–water partition coefficient (Wildman–Crippen LogP) is 4.66. The molecule has 0 aromatic carbocycles. The van der Waals surface area contributed by atoms with Gasteiger partial charge in [0.1, 0.15) is 0 Å². The lowest BCUT2D eigenvalue weighted by Crippen LogP contribution is -2.26. The van der Waals surface area contributed by atoms with Gasteiger partial charge in [0, 0.05) is 11.6 Å². The van der Waals surface area contributed by atoms with Gasteiger partial charge in [0.2, 0.25) is 0 Å². The van der Waals surface area contributed by atoms with Crippen molar-refractivity contribution in [2.75, 3.05) is 0 Å². The van der Waals surface area contributed by atoms with Gasteiger partial charge in [-0.15, -0.1) is 0 Å². The average Bonchev–Trinajstić information content (AvgIpc) is 2.34. The molecule has 0 aromatic rings. The van der Waals surface area contributed by atoms with Crippen molar-refractivity contribution in [3.63, 3.8) is 0 Å². The molecular formula is C14H25NO2. The van der Waals surface area contributed by atoms with Crippen LogP contribution in [-0.4, -0.2) is 17.4 Å². The summed E-state index contributed by atoms with van der Waals surface area (Å²) in [5.74, 6) is 0. The number of carbonyl (C=O) groups is 1. The van der Waals surface area contributed by atoms with E-state index in [9.17, 15) is 4.79 Å². The Morgan fingerprint density at radius 2 is 1.94 bits per heavy atom. The quantitative estimate of drug-likeness (QED) is 0.541. The monoisotopic (exact) mass is 239 g/mol. The van der Waals surface area contributed by atoms with Gasteiger partial charge in [0.25, 0.3) is 0 Å². The minimum Gasteiger partial charge on any atom is -0.463 e. The van der Waals surface area contributed by atoms with E-state index in [1.54, 1.807) is 6.21 Å². The number of amides is 1. The number of carboxylic acid groups (broad SMARTS) is 1. The first-order valence-corrected chi connectivity index (χ1v) is 6.97. The maximum absolute atomic E-state index is 10.6. The molecule has 98 valence electrons. The maximum atomic E-state index is 10.6. The largest absolute Gasteiger partial charge is 0.463 e. The van der Waals surface area contributed by atoms with Gasteiger partial charge in [-0.1, -0.05) is 51.9 Å². The normalized spacial score (nSPS) is 19.6. The second-order valence-corrected chi connectivity index (χ2v) is 5.27. The summed E-state index contributed by atoms with van der Waals surface area (Å²) in [6.45, 7) is 2.21. The molecule has 1 fully saturated rings. The summed E-state index contributed by atoms with van der Waals surface area (Å²) in [5, 5.41) is 8.67. The van der Waals surface area contributed by atoms with Crippen molar-refractivity contribution in [3.8, 4) is 0 Å². The Hall–Kier alpha value is -0.860. The summed E-state index contributed by atoms with van der Waals surface area (Å²) in [5.41, 5.74) is 0.0877. The number of nitrogens with zero attached hydrogens (tertiary/aromatic N) is 1. The topological polar surface area (TPSA) is 49.7 Å². The van der Waals surface area contributed by atoms with E-state index in [2.05, 4.69) is 11.9 Å². The van der Waals surface area contributed by atoms with Crippen molar-refractivity contribution in [1.82, 2.24) is 0 Å². The molecule has 17 heavy (non-hydrogen) atoms. The van der Waals surface area contributed by atoms with Crippen LogP contribution in [0.1, 0.15) is 71.1 Å². The van der Waals surface area contributed by atoms with Gasteiger partial charge in [-0.2, -0.15) is 4.99 Å². The lowest BCUT2D eigenvalue weighted by molar-refractivity contribution is 0.204. The molecule has 0 aromatic heterocycles. The molecule has 0 saturated heterocycles. The summed E-state index contributed by atoms with van der Waals surface area (Å²) in [6, 6.07) is 0. The summed E-state index contributed by atoms with van der Waals surface area (Å²) in [4.78, 5) is 14.2. The Kier molecular flexibility index (Phi) is 6.23. The van der Waals surface area contributed by atoms with Crippen LogP contribution in [0.4, 0.5) is 4.79 Å². The lowest BCUT2D eigenvalue weighted by Gasteiger charge is -2.33. The highest BCUT2D eigenvalue weighted by atomic mass is 16.4. The molecule has 1 aliphatic carbocycles. The third kappa shape index (κ3) is 5.33. The molecule has 0 atom stereocenters. The highest BCUT2D eigenvalue weighted by molar-refractivity contribution is 5.80. The zero-order valence-corrected chi connectivity index (χ0v) is 11.0. The molecule has 0 radical (unpaired) electrons. The highest BCUT2D eigenvalue weighted by Gasteiger charge is 2.29. The van der Waals surface area contributed by atoms with E-state index >= 15 is 0 Å². The Bertz CT molecular complexity index is 255. The smallest absolute Gasteiger partial charge is 0.430 e. The second kappa shape index (κ2) is 7.46. The molecular weight excluding hydrogens is 214 g/mol. The SMILES string of the molecule is CCCCCCC1(C=NC(=O)O)CCCCC1. The molecule has 3 heteroatoms. The molecule has 1 N–H and O–H groups in total. The van der Waals surface area contributed by atoms with Gasteiger partial charge in [0.15, 0.2) is 0 Å². The van der Waals surface area contributed by atoms with Gasteiger partial charge >= 0.3 is 6.09 Å². The predicted molar refractivity (Wildman–Crippen MR) is 70.8 cm³/mol. The Morgan fingerprint density at radius 1 is 1.24 bits per heavy atom. The molecule has 0 spiro atoms. The van der Waals surface area contributed by atoms with Crippen LogP contribution in [-0.2, 0) is 0 Å². The van der Waals surface area contributed by atoms with Crippen LogP contribution in [0.5, 0.6) is 0 Å². The van der Waals surface area contributed by atoms with E-state index in [0.717, 1.165) is 19.3 Å². The van der Waals surface area contributed by atoms with Crippen LogP contribution < -0.4 is 0 Å². The zero-order chi connectivity index (χ0) is 12.6. The highest BCUT2D eigenvalue weighted by Crippen LogP contribution is 2.39. The van der Waals surface area contributed by atoms with Crippen molar-refractivity contribution in [3.05, 3.63) is 0 Å². The summed E-state index contributed by atoms with van der Waals surface area (Å²) >= 11 is 0. The first-order valence-electron chi connectivity index (χ1n) is 6.97. The van der Waals surface area contributed by atoms with E-state index in [1.165, 1.54) is 44.9 Å². The first-order chi connectivity index (χ1) is 8.18. The standard InChI is InChI=1S/C14H25NO2/c1-2-3-4-6-9-14(12-15-13(16)17)10-7-5-8-11-14/h12H,2-11H2,1H3,(H,16,17). The van der Waals surface area contributed by atoms with Gasteiger partial charge in [-0.3, -0.25) is 0 Å². The maximum Gasteiger partial charge on any atom is 0.430 e. The van der Waals surface area contributed by atoms with E-state index in [0.29, 0.717) is 0 Å². The van der Waals surface area contributed by atoms with Crippen molar-refractivity contribution >= 4 is 12.3 Å². The molecule has 0 aliphatic heterocycles. The Morgan fingerprint density at radius 3 is 2.53 bits per heavy atom. The number of aliphatic imine (C=N–C) groups is 1. The van der Waals surface area contributed by atoms with Crippen LogP contribution in [0.2, 0.25) is 0 Å². The fourth-order valence-corrected chi connectivity index (χ4v) is 2.80. The Labute approximate surface area is 104 Å². The van der Waals surface area contributed by atoms with Crippen LogP contribution in [0.25, 0.3) is 0 Å². The van der Waals surface area contributed by atoms with Crippen molar-refractivity contribution < 1.29 is 9.90 Å². The van der Waals surface area contributed by atoms with Crippen LogP contribution in [0.15, 0.2) is 4.99 Å². The molecule has 0 heterocycles. The van der Waals surface area contributed by atoms with Crippen molar-refractivity contribution in [1.29, 1.82) is 0 Å². The minimum atomic E-state index is -1.05. The molecule has 1 rings (SSSR count). The average molecular weight is 239 g/mol. The van der Waals surface area contributed by atoms with Crippen molar-refractivity contribution in [2.45, 2.75) is 71.1 Å². The van der Waals surface area contributed by atoms with Gasteiger partial charge in [-0.05, 0) is 19.3 Å². The number of hydrogen-bond acceptors (Lipinski definition) is 1. The second-order valence-electron chi connectivity index (χ2n) is 5.27. The van der Waals surface area contributed by atoms with Crippen LogP contribution in [0, 0.1) is 5.41 Å². The molecule has 0 bridgehead atoms. The minimum absolute atomic E-state index is 0.0877. The number of rotatable bonds is 6. The molecule has 3 nitrogen and oxygen atoms in total. The van der Waals surface area contributed by atoms with E-state index < -0.39 is 6.09 Å². The van der Waals surface area contributed by atoms with Gasteiger partial charge < -0.3 is 5.11 Å². The van der Waals surface area contributed by atoms with Crippen molar-refractivity contribution in [2.24, 2.45) is 10.4 Å². The van der Waals surface area contributed by atoms with Gasteiger partial charge in [-0.25, -0.2) is 4.79 Å². The van der Waals surface area contributed by atoms with E-state index in [1.807, 2.05) is 0 Å². The third-order valence-electron chi connectivity index (χ3n) is 3.83. The third-order valence-corrected chi connectivity index (χ3v) is 3.83. The summed E-state index contributed by atoms with van der Waals surface area (Å²) in [6.07, 6.45) is 12.8. The number of hydrogen-bond donors (Lipinski definition) is 1. The molecule has 1 saturated carbocycles. The first kappa shape index (κ1) is 14.2. The van der Waals surface area contributed by atoms with E-state index in [4.69, 9.17) is 5.11 Å². The zero-order valence-electron chi connectivity index (χ0n) is 11.0. The Balaban J connectivity index is 2.49. The number of unbranched alkanes of at least 4 members (excludes halogenated alkanes) is 3. The fraction of sp³-hybridized carbons (Fsp3) is 0.857. The summed E-state index contributed by atoms with van der Waals surface area (Å²) < 4.78 is 0. The van der Waals surface area contributed by atoms with E-state index in [-0.39, 0.29) is 5.41 Å².